The molecule has 0 fully saturated rings. The third-order valence-corrected chi connectivity index (χ3v) is 4.40. The molecule has 0 aromatic rings. The number of rotatable bonds is 12. The van der Waals surface area contributed by atoms with Gasteiger partial charge in [-0.2, -0.15) is 0 Å². The number of quaternary nitrogens is 1. The van der Waals surface area contributed by atoms with E-state index in [1.165, 1.54) is 32.1 Å². The average molecular weight is 298 g/mol. The van der Waals surface area contributed by atoms with E-state index < -0.39 is 5.97 Å². The van der Waals surface area contributed by atoms with E-state index in [1.807, 2.05) is 0 Å². The van der Waals surface area contributed by atoms with Crippen LogP contribution in [0.2, 0.25) is 0 Å². The number of unbranched alkanes of at least 4 members (excludes halogenated alkanes) is 5. The molecule has 0 amide bonds. The van der Waals surface area contributed by atoms with Crippen molar-refractivity contribution >= 4 is 11.8 Å². The van der Waals surface area contributed by atoms with Gasteiger partial charge >= 0.3 is 0 Å². The summed E-state index contributed by atoms with van der Waals surface area (Å²) in [6, 6.07) is 0. The number of hydrogen-bond acceptors (Lipinski definition) is 4. The molecule has 1 unspecified atom stereocenters. The van der Waals surface area contributed by atoms with E-state index in [0.29, 0.717) is 17.6 Å². The van der Waals surface area contributed by atoms with Crippen molar-refractivity contribution in [3.8, 4) is 0 Å². The molecule has 1 aliphatic rings. The van der Waals surface area contributed by atoms with E-state index in [2.05, 4.69) is 11.9 Å². The van der Waals surface area contributed by atoms with E-state index in [-0.39, 0.29) is 13.0 Å². The predicted octanol–water partition coefficient (Wildman–Crippen LogP) is 1.10. The summed E-state index contributed by atoms with van der Waals surface area (Å²) in [5.41, 5.74) is 0. The van der Waals surface area contributed by atoms with Crippen LogP contribution in [0.4, 0.5) is 0 Å². The molecule has 0 aliphatic carbocycles. The number of carbonyl (C=O) groups excluding carboxylic acids is 1. The Morgan fingerprint density at radius 1 is 1.24 bits per heavy atom. The number of hydrogen-bond donors (Lipinski definition) is 1. The minimum absolute atomic E-state index is 0.0372. The highest BCUT2D eigenvalue weighted by atomic mass is 16.4. The number of aliphatic carboxylic acids is 1. The number of carboxylic acid groups (broad SMARTS) is 1. The Morgan fingerprint density at radius 2 is 1.95 bits per heavy atom. The first-order valence-corrected chi connectivity index (χ1v) is 8.35. The molecule has 0 saturated heterocycles. The Balaban J connectivity index is 2.43. The predicted molar refractivity (Wildman–Crippen MR) is 81.9 cm³/mol. The molecule has 0 bridgehead atoms. The van der Waals surface area contributed by atoms with Crippen LogP contribution >= 0.6 is 0 Å². The van der Waals surface area contributed by atoms with Crippen LogP contribution in [0.1, 0.15) is 58.3 Å². The number of carbonyl (C=O) groups is 1. The highest BCUT2D eigenvalue weighted by molar-refractivity contribution is 5.77. The van der Waals surface area contributed by atoms with Crippen LogP contribution in [-0.2, 0) is 4.79 Å². The van der Waals surface area contributed by atoms with E-state index >= 15 is 0 Å². The van der Waals surface area contributed by atoms with E-state index in [4.69, 9.17) is 0 Å². The molecule has 1 atom stereocenters. The zero-order chi connectivity index (χ0) is 15.6. The maximum Gasteiger partial charge on any atom is 0.198 e. The van der Waals surface area contributed by atoms with Gasteiger partial charge in [0, 0.05) is 18.8 Å². The lowest BCUT2D eigenvalue weighted by atomic mass is 10.1. The summed E-state index contributed by atoms with van der Waals surface area (Å²) in [6.45, 7) is 4.92. The molecular formula is C16H30N2O3. The van der Waals surface area contributed by atoms with Crippen LogP contribution in [-0.4, -0.2) is 54.2 Å². The fourth-order valence-corrected chi connectivity index (χ4v) is 3.12. The van der Waals surface area contributed by atoms with Crippen molar-refractivity contribution in [3.05, 3.63) is 0 Å². The van der Waals surface area contributed by atoms with E-state index in [9.17, 15) is 15.0 Å². The first kappa shape index (κ1) is 18.1. The molecule has 1 rings (SSSR count). The number of aliphatic hydroxyl groups excluding tert-OH is 1. The Kier molecular flexibility index (Phi) is 8.54. The van der Waals surface area contributed by atoms with Crippen LogP contribution in [0.15, 0.2) is 4.99 Å². The third kappa shape index (κ3) is 6.14. The van der Waals surface area contributed by atoms with Crippen LogP contribution in [0.5, 0.6) is 0 Å². The Bertz CT molecular complexity index is 344. The maximum atomic E-state index is 10.7. The molecule has 0 aromatic heterocycles. The largest absolute Gasteiger partial charge is 0.550 e. The second kappa shape index (κ2) is 9.90. The molecule has 1 heterocycles. The summed E-state index contributed by atoms with van der Waals surface area (Å²) in [5, 5.41) is 20.1. The fourth-order valence-electron chi connectivity index (χ4n) is 3.12. The quantitative estimate of drug-likeness (QED) is 0.433. The first-order valence-electron chi connectivity index (χ1n) is 8.35. The van der Waals surface area contributed by atoms with Crippen LogP contribution in [0.3, 0.4) is 0 Å². The second-order valence-corrected chi connectivity index (χ2v) is 5.98. The Labute approximate surface area is 128 Å². The highest BCUT2D eigenvalue weighted by Gasteiger charge is 2.36. The summed E-state index contributed by atoms with van der Waals surface area (Å²) in [5.74, 6) is 0.0667. The summed E-state index contributed by atoms with van der Waals surface area (Å²) >= 11 is 0. The summed E-state index contributed by atoms with van der Waals surface area (Å²) in [7, 11) is 0. The van der Waals surface area contributed by atoms with Gasteiger partial charge in [-0.25, -0.2) is 4.99 Å². The average Bonchev–Trinajstić information content (AvgIpc) is 2.84. The lowest BCUT2D eigenvalue weighted by Gasteiger charge is -2.34. The Hall–Kier alpha value is -0.940. The minimum atomic E-state index is -1.02. The lowest BCUT2D eigenvalue weighted by Crippen LogP contribution is -2.54. The molecule has 1 aliphatic heterocycles. The Morgan fingerprint density at radius 3 is 2.62 bits per heavy atom. The van der Waals surface area contributed by atoms with Gasteiger partial charge in [0.2, 0.25) is 0 Å². The van der Waals surface area contributed by atoms with E-state index in [1.54, 1.807) is 0 Å². The third-order valence-electron chi connectivity index (χ3n) is 4.40. The number of aliphatic hydroxyl groups is 1. The zero-order valence-corrected chi connectivity index (χ0v) is 13.4. The standard InChI is InChI=1S/C16H30N2O3/c1-2-3-4-5-6-7-8-15-17-10-12-18(15,13-14-19)11-9-16(20)21/h19H,2-14H2,1H3. The number of amidine groups is 1. The van der Waals surface area contributed by atoms with Gasteiger partial charge in [0.1, 0.15) is 13.1 Å². The second-order valence-electron chi connectivity index (χ2n) is 5.98. The highest BCUT2D eigenvalue weighted by Crippen LogP contribution is 2.20. The summed E-state index contributed by atoms with van der Waals surface area (Å²) in [4.78, 5) is 15.3. The summed E-state index contributed by atoms with van der Waals surface area (Å²) < 4.78 is 0.555. The van der Waals surface area contributed by atoms with Crippen molar-refractivity contribution in [1.82, 2.24) is 0 Å². The van der Waals surface area contributed by atoms with Gasteiger partial charge in [-0.15, -0.1) is 0 Å². The van der Waals surface area contributed by atoms with Crippen LogP contribution < -0.4 is 5.11 Å². The van der Waals surface area contributed by atoms with Gasteiger partial charge in [-0.1, -0.05) is 39.0 Å². The zero-order valence-electron chi connectivity index (χ0n) is 13.4. The SMILES string of the molecule is CCCCCCCCC1=NCC[N+]1(CCO)CCC(=O)[O-]. The first-order chi connectivity index (χ1) is 10.1. The van der Waals surface area contributed by atoms with Gasteiger partial charge in [-0.3, -0.25) is 4.48 Å². The van der Waals surface area contributed by atoms with Gasteiger partial charge in [0.25, 0.3) is 0 Å². The molecule has 0 saturated carbocycles. The molecule has 21 heavy (non-hydrogen) atoms. The van der Waals surface area contributed by atoms with Crippen molar-refractivity contribution in [1.29, 1.82) is 0 Å². The van der Waals surface area contributed by atoms with Gasteiger partial charge in [0.15, 0.2) is 5.84 Å². The molecule has 5 heteroatoms. The van der Waals surface area contributed by atoms with Crippen molar-refractivity contribution < 1.29 is 19.5 Å². The molecule has 122 valence electrons. The number of nitrogens with zero attached hydrogens (tertiary/aromatic N) is 2. The number of aliphatic imine (C=N–C) groups is 1. The van der Waals surface area contributed by atoms with Crippen molar-refractivity contribution in [2.75, 3.05) is 32.8 Å². The fraction of sp³-hybridized carbons (Fsp3) is 0.875. The number of carboxylic acids is 1. The van der Waals surface area contributed by atoms with Gasteiger partial charge < -0.3 is 15.0 Å². The van der Waals surface area contributed by atoms with Crippen LogP contribution in [0.25, 0.3) is 0 Å². The van der Waals surface area contributed by atoms with Crippen molar-refractivity contribution in [3.63, 3.8) is 0 Å². The van der Waals surface area contributed by atoms with Crippen molar-refractivity contribution in [2.45, 2.75) is 58.3 Å². The monoisotopic (exact) mass is 298 g/mol. The smallest absolute Gasteiger partial charge is 0.198 e. The van der Waals surface area contributed by atoms with E-state index in [0.717, 1.165) is 31.8 Å². The molecule has 0 aromatic carbocycles. The van der Waals surface area contributed by atoms with Gasteiger partial charge in [0.05, 0.1) is 19.7 Å². The molecular weight excluding hydrogens is 268 g/mol. The molecule has 0 radical (unpaired) electrons. The molecule has 1 N–H and O–H groups in total. The van der Waals surface area contributed by atoms with Crippen molar-refractivity contribution in [2.24, 2.45) is 4.99 Å². The maximum absolute atomic E-state index is 10.7. The van der Waals surface area contributed by atoms with Gasteiger partial charge in [-0.05, 0) is 6.42 Å². The minimum Gasteiger partial charge on any atom is -0.550 e. The topological polar surface area (TPSA) is 72.7 Å². The summed E-state index contributed by atoms with van der Waals surface area (Å²) in [6.07, 6.45) is 8.40. The van der Waals surface area contributed by atoms with Crippen LogP contribution in [0, 0.1) is 0 Å². The normalized spacial score (nSPS) is 21.5. The molecule has 0 spiro atoms. The molecule has 5 nitrogen and oxygen atoms in total. The lowest BCUT2D eigenvalue weighted by molar-refractivity contribution is -0.836.